The molecule has 0 unspecified atom stereocenters. The first-order chi connectivity index (χ1) is 12.0. The van der Waals surface area contributed by atoms with E-state index in [1.807, 2.05) is 50.2 Å². The lowest BCUT2D eigenvalue weighted by Crippen LogP contribution is -2.28. The Morgan fingerprint density at radius 2 is 1.80 bits per heavy atom. The quantitative estimate of drug-likeness (QED) is 0.735. The standard InChI is InChI=1S/C19H19N3O2S/c1-12-6-3-4-8-14(12)18(24)20-11-10-16(23)21-19-22-17-13(2)7-5-9-15(17)25-19/h3-9H,10-11H2,1-2H3,(H,20,24)(H,21,22,23). The summed E-state index contributed by atoms with van der Waals surface area (Å²) in [6.07, 6.45) is 0.201. The number of rotatable bonds is 5. The fourth-order valence-electron chi connectivity index (χ4n) is 2.53. The van der Waals surface area contributed by atoms with Crippen molar-refractivity contribution >= 4 is 38.5 Å². The number of carbonyl (C=O) groups is 2. The Labute approximate surface area is 150 Å². The van der Waals surface area contributed by atoms with E-state index in [4.69, 9.17) is 0 Å². The second kappa shape index (κ2) is 7.44. The van der Waals surface area contributed by atoms with E-state index in [-0.39, 0.29) is 24.8 Å². The Morgan fingerprint density at radius 3 is 2.56 bits per heavy atom. The van der Waals surface area contributed by atoms with Gasteiger partial charge in [-0.25, -0.2) is 4.98 Å². The van der Waals surface area contributed by atoms with Gasteiger partial charge < -0.3 is 10.6 Å². The first kappa shape index (κ1) is 17.1. The molecule has 0 bridgehead atoms. The number of anilines is 1. The van der Waals surface area contributed by atoms with Gasteiger partial charge in [-0.3, -0.25) is 9.59 Å². The Kier molecular flexibility index (Phi) is 5.09. The number of amides is 2. The van der Waals surface area contributed by atoms with E-state index >= 15 is 0 Å². The summed E-state index contributed by atoms with van der Waals surface area (Å²) in [4.78, 5) is 28.6. The molecule has 0 spiro atoms. The Bertz CT molecular complexity index is 933. The smallest absolute Gasteiger partial charge is 0.251 e. The molecule has 3 aromatic rings. The number of aryl methyl sites for hydroxylation is 2. The van der Waals surface area contributed by atoms with Crippen molar-refractivity contribution in [1.82, 2.24) is 10.3 Å². The number of hydrogen-bond acceptors (Lipinski definition) is 4. The third-order valence-electron chi connectivity index (χ3n) is 3.89. The highest BCUT2D eigenvalue weighted by Gasteiger charge is 2.11. The van der Waals surface area contributed by atoms with Gasteiger partial charge in [0, 0.05) is 18.5 Å². The zero-order chi connectivity index (χ0) is 17.8. The molecule has 128 valence electrons. The van der Waals surface area contributed by atoms with Crippen LogP contribution in [0.1, 0.15) is 27.9 Å². The van der Waals surface area contributed by atoms with Crippen LogP contribution in [0.15, 0.2) is 42.5 Å². The third kappa shape index (κ3) is 4.03. The lowest BCUT2D eigenvalue weighted by atomic mass is 10.1. The zero-order valence-corrected chi connectivity index (χ0v) is 14.9. The molecule has 0 saturated heterocycles. The van der Waals surface area contributed by atoms with Gasteiger partial charge in [0.25, 0.3) is 5.91 Å². The first-order valence-corrected chi connectivity index (χ1v) is 8.86. The minimum Gasteiger partial charge on any atom is -0.352 e. The van der Waals surface area contributed by atoms with Crippen LogP contribution in [-0.2, 0) is 4.79 Å². The summed E-state index contributed by atoms with van der Waals surface area (Å²) in [7, 11) is 0. The van der Waals surface area contributed by atoms with Gasteiger partial charge in [0.2, 0.25) is 5.91 Å². The normalized spacial score (nSPS) is 10.6. The molecule has 0 fully saturated rings. The highest BCUT2D eigenvalue weighted by atomic mass is 32.1. The predicted molar refractivity (Wildman–Crippen MR) is 101 cm³/mol. The third-order valence-corrected chi connectivity index (χ3v) is 4.83. The number of nitrogens with zero attached hydrogens (tertiary/aromatic N) is 1. The molecule has 3 rings (SSSR count). The second-order valence-corrected chi connectivity index (χ2v) is 6.84. The fraction of sp³-hybridized carbons (Fsp3) is 0.211. The zero-order valence-electron chi connectivity index (χ0n) is 14.1. The topological polar surface area (TPSA) is 71.1 Å². The Balaban J connectivity index is 1.53. The van der Waals surface area contributed by atoms with Crippen LogP contribution >= 0.6 is 11.3 Å². The molecule has 0 radical (unpaired) electrons. The molecule has 0 aliphatic rings. The summed E-state index contributed by atoms with van der Waals surface area (Å²) < 4.78 is 1.04. The van der Waals surface area contributed by atoms with Crippen LogP contribution in [0.3, 0.4) is 0 Å². The number of aromatic nitrogens is 1. The molecule has 2 N–H and O–H groups in total. The molecule has 25 heavy (non-hydrogen) atoms. The van der Waals surface area contributed by atoms with Crippen LogP contribution in [0.4, 0.5) is 5.13 Å². The molecule has 6 heteroatoms. The minimum absolute atomic E-state index is 0.165. The molecule has 0 atom stereocenters. The Hall–Kier alpha value is -2.73. The lowest BCUT2D eigenvalue weighted by Gasteiger charge is -2.07. The molecule has 1 aromatic heterocycles. The average molecular weight is 353 g/mol. The van der Waals surface area contributed by atoms with Gasteiger partial charge in [-0.15, -0.1) is 0 Å². The molecule has 2 aromatic carbocycles. The summed E-state index contributed by atoms with van der Waals surface area (Å²) >= 11 is 1.45. The molecular formula is C19H19N3O2S. The Morgan fingerprint density at radius 1 is 1.04 bits per heavy atom. The maximum Gasteiger partial charge on any atom is 0.251 e. The summed E-state index contributed by atoms with van der Waals surface area (Å²) in [5, 5.41) is 6.16. The summed E-state index contributed by atoms with van der Waals surface area (Å²) in [6.45, 7) is 4.16. The number of nitrogens with one attached hydrogen (secondary N) is 2. The maximum atomic E-state index is 12.1. The van der Waals surface area contributed by atoms with Crippen LogP contribution in [-0.4, -0.2) is 23.3 Å². The van der Waals surface area contributed by atoms with Gasteiger partial charge in [0.15, 0.2) is 5.13 Å². The summed E-state index contributed by atoms with van der Waals surface area (Å²) in [5.41, 5.74) is 3.54. The van der Waals surface area contributed by atoms with E-state index in [9.17, 15) is 9.59 Å². The van der Waals surface area contributed by atoms with Crippen LogP contribution in [0.2, 0.25) is 0 Å². The van der Waals surface area contributed by atoms with Crippen molar-refractivity contribution in [3.8, 4) is 0 Å². The minimum atomic E-state index is -0.165. The van der Waals surface area contributed by atoms with Crippen LogP contribution < -0.4 is 10.6 Å². The number of hydrogen-bond donors (Lipinski definition) is 2. The van der Waals surface area contributed by atoms with Crippen molar-refractivity contribution in [2.75, 3.05) is 11.9 Å². The maximum absolute atomic E-state index is 12.1. The molecule has 2 amide bonds. The van der Waals surface area contributed by atoms with Crippen molar-refractivity contribution in [3.63, 3.8) is 0 Å². The van der Waals surface area contributed by atoms with Gasteiger partial charge >= 0.3 is 0 Å². The van der Waals surface area contributed by atoms with E-state index in [1.54, 1.807) is 6.07 Å². The van der Waals surface area contributed by atoms with Gasteiger partial charge in [0.1, 0.15) is 0 Å². The number of thiazole rings is 1. The molecule has 1 heterocycles. The molecular weight excluding hydrogens is 334 g/mol. The molecule has 0 aliphatic carbocycles. The summed E-state index contributed by atoms with van der Waals surface area (Å²) in [6, 6.07) is 13.3. The number of fused-ring (bicyclic) bond motifs is 1. The molecule has 5 nitrogen and oxygen atoms in total. The fourth-order valence-corrected chi connectivity index (χ4v) is 3.49. The number of carbonyl (C=O) groups excluding carboxylic acids is 2. The molecule has 0 aliphatic heterocycles. The van der Waals surface area contributed by atoms with E-state index < -0.39 is 0 Å². The number of benzene rings is 2. The van der Waals surface area contributed by atoms with Crippen LogP contribution in [0.25, 0.3) is 10.2 Å². The van der Waals surface area contributed by atoms with E-state index in [2.05, 4.69) is 15.6 Å². The van der Waals surface area contributed by atoms with Gasteiger partial charge in [0.05, 0.1) is 10.2 Å². The second-order valence-electron chi connectivity index (χ2n) is 5.81. The van der Waals surface area contributed by atoms with Gasteiger partial charge in [-0.1, -0.05) is 41.7 Å². The largest absolute Gasteiger partial charge is 0.352 e. The highest BCUT2D eigenvalue weighted by molar-refractivity contribution is 7.22. The van der Waals surface area contributed by atoms with Crippen molar-refractivity contribution in [2.45, 2.75) is 20.3 Å². The van der Waals surface area contributed by atoms with Crippen LogP contribution in [0, 0.1) is 13.8 Å². The molecule has 0 saturated carbocycles. The van der Waals surface area contributed by atoms with E-state index in [1.165, 1.54) is 11.3 Å². The average Bonchev–Trinajstić information content (AvgIpc) is 2.99. The number of para-hydroxylation sites is 1. The van der Waals surface area contributed by atoms with Gasteiger partial charge in [-0.05, 0) is 37.1 Å². The highest BCUT2D eigenvalue weighted by Crippen LogP contribution is 2.27. The van der Waals surface area contributed by atoms with Crippen molar-refractivity contribution < 1.29 is 9.59 Å². The monoisotopic (exact) mass is 353 g/mol. The summed E-state index contributed by atoms with van der Waals surface area (Å²) in [5.74, 6) is -0.330. The first-order valence-electron chi connectivity index (χ1n) is 8.04. The van der Waals surface area contributed by atoms with E-state index in [0.29, 0.717) is 10.7 Å². The lowest BCUT2D eigenvalue weighted by molar-refractivity contribution is -0.116. The van der Waals surface area contributed by atoms with Crippen LogP contribution in [0.5, 0.6) is 0 Å². The van der Waals surface area contributed by atoms with Crippen molar-refractivity contribution in [1.29, 1.82) is 0 Å². The van der Waals surface area contributed by atoms with Gasteiger partial charge in [-0.2, -0.15) is 0 Å². The van der Waals surface area contributed by atoms with Crippen molar-refractivity contribution in [2.24, 2.45) is 0 Å². The SMILES string of the molecule is Cc1ccccc1C(=O)NCCC(=O)Nc1nc2c(C)cccc2s1. The predicted octanol–water partition coefficient (Wildman–Crippen LogP) is 3.67. The van der Waals surface area contributed by atoms with Crippen molar-refractivity contribution in [3.05, 3.63) is 59.2 Å². The van der Waals surface area contributed by atoms with E-state index in [0.717, 1.165) is 21.3 Å².